The van der Waals surface area contributed by atoms with Crippen LogP contribution in [-0.4, -0.2) is 88.7 Å². The smallest absolute Gasteiger partial charge is 0.330 e. The van der Waals surface area contributed by atoms with E-state index in [4.69, 9.17) is 24.6 Å². The molecular formula is C38H58N2O12. The first kappa shape index (κ1) is 44.5. The molecule has 1 amide bonds. The van der Waals surface area contributed by atoms with Crippen molar-refractivity contribution >= 4 is 29.7 Å². The van der Waals surface area contributed by atoms with Gasteiger partial charge in [-0.3, -0.25) is 29.6 Å². The maximum Gasteiger partial charge on any atom is 0.330 e. The fourth-order valence-electron chi connectivity index (χ4n) is 6.09. The Morgan fingerprint density at radius 1 is 0.865 bits per heavy atom. The number of allylic oxidation sites excluding steroid dienone is 2. The van der Waals surface area contributed by atoms with E-state index >= 15 is 0 Å². The molecule has 0 unspecified atom stereocenters. The lowest BCUT2D eigenvalue weighted by molar-refractivity contribution is -0.492. The summed E-state index contributed by atoms with van der Waals surface area (Å²) in [7, 11) is 1.42. The Morgan fingerprint density at radius 3 is 2.38 bits per heavy atom. The standard InChI is InChI=1S/C38H58N2O12/c1-3-4-5-6-9-15-29(41)20-21-31-30(32(42)26-33(31)43)16-10-7-8-11-17-36(44)39-27-38(46)52-34-22-19-28(25-35(34)49-2)14-12-23-50-37(45)18-13-24-51-40(47)48/h7,10,12,14,19,22,25,30-33,42-43,47-48H,3-6,8-9,11,13,15-18,20-21,23-24,26-27H2,1-2H3,(H,39,44)/b10-7-,14-12+/t30-,31-,32+,33-/m1/s1. The van der Waals surface area contributed by atoms with Crippen molar-refractivity contribution in [1.82, 2.24) is 10.7 Å². The van der Waals surface area contributed by atoms with Gasteiger partial charge in [0.2, 0.25) is 5.91 Å². The number of unbranched alkanes of at least 4 members (excludes halogenated alkanes) is 5. The summed E-state index contributed by atoms with van der Waals surface area (Å²) in [6.45, 7) is 1.79. The van der Waals surface area contributed by atoms with Crippen LogP contribution in [0.25, 0.3) is 6.08 Å². The number of aliphatic hydroxyl groups is 2. The van der Waals surface area contributed by atoms with Crippen molar-refractivity contribution in [1.29, 1.82) is 0 Å². The second-order valence-electron chi connectivity index (χ2n) is 13.0. The van der Waals surface area contributed by atoms with Crippen LogP contribution in [0.3, 0.4) is 0 Å². The number of amides is 1. The van der Waals surface area contributed by atoms with Crippen LogP contribution in [0.2, 0.25) is 0 Å². The number of carbonyl (C=O) groups excluding carboxylic acids is 4. The third-order valence-corrected chi connectivity index (χ3v) is 8.91. The van der Waals surface area contributed by atoms with Crippen molar-refractivity contribution < 1.29 is 58.9 Å². The van der Waals surface area contributed by atoms with Gasteiger partial charge in [-0.1, -0.05) is 56.9 Å². The van der Waals surface area contributed by atoms with E-state index < -0.39 is 29.5 Å². The largest absolute Gasteiger partial charge is 0.493 e. The molecule has 0 aliphatic heterocycles. The Labute approximate surface area is 306 Å². The fourth-order valence-corrected chi connectivity index (χ4v) is 6.09. The lowest BCUT2D eigenvalue weighted by atomic mass is 9.86. The van der Waals surface area contributed by atoms with Crippen LogP contribution in [0.1, 0.15) is 109 Å². The maximum atomic E-state index is 12.4. The SMILES string of the molecule is CCCCCCCC(=O)CC[C@@H]1[C@@H](C/C=C\CCCC(=O)NCC(=O)Oc2ccc(/C=C/COC(=O)CCCON(O)O)cc2OC)[C@@H](O)C[C@H]1O. The van der Waals surface area contributed by atoms with Crippen LogP contribution in [0.15, 0.2) is 36.4 Å². The minimum atomic E-state index is -0.668. The molecule has 5 N–H and O–H groups in total. The highest BCUT2D eigenvalue weighted by molar-refractivity contribution is 5.83. The zero-order chi connectivity index (χ0) is 38.1. The van der Waals surface area contributed by atoms with E-state index in [0.29, 0.717) is 56.3 Å². The average Bonchev–Trinajstić information content (AvgIpc) is 3.39. The van der Waals surface area contributed by atoms with E-state index in [2.05, 4.69) is 17.1 Å². The first-order valence-corrected chi connectivity index (χ1v) is 18.3. The molecule has 1 aromatic rings. The molecule has 0 saturated heterocycles. The fraction of sp³-hybridized carbons (Fsp3) is 0.632. The van der Waals surface area contributed by atoms with Gasteiger partial charge >= 0.3 is 11.9 Å². The molecule has 1 aliphatic rings. The van der Waals surface area contributed by atoms with E-state index in [1.54, 1.807) is 30.4 Å². The van der Waals surface area contributed by atoms with Crippen molar-refractivity contribution in [3.8, 4) is 11.5 Å². The quantitative estimate of drug-likeness (QED) is 0.0258. The molecule has 2 rings (SSSR count). The first-order valence-electron chi connectivity index (χ1n) is 18.3. The topological polar surface area (TPSA) is 201 Å². The Bertz CT molecular complexity index is 1280. The zero-order valence-electron chi connectivity index (χ0n) is 30.6. The van der Waals surface area contributed by atoms with Gasteiger partial charge in [0, 0.05) is 25.7 Å². The summed E-state index contributed by atoms with van der Waals surface area (Å²) in [6, 6.07) is 4.86. The van der Waals surface area contributed by atoms with E-state index in [1.807, 2.05) is 12.2 Å². The highest BCUT2D eigenvalue weighted by atomic mass is 17.1. The van der Waals surface area contributed by atoms with Gasteiger partial charge in [-0.25, -0.2) is 4.79 Å². The maximum absolute atomic E-state index is 12.4. The van der Waals surface area contributed by atoms with Crippen LogP contribution in [0, 0.1) is 11.8 Å². The molecule has 0 heterocycles. The van der Waals surface area contributed by atoms with Gasteiger partial charge in [-0.05, 0) is 80.6 Å². The second-order valence-corrected chi connectivity index (χ2v) is 13.0. The number of hydrogen-bond donors (Lipinski definition) is 5. The van der Waals surface area contributed by atoms with E-state index in [-0.39, 0.29) is 68.3 Å². The predicted octanol–water partition coefficient (Wildman–Crippen LogP) is 5.25. The Morgan fingerprint density at radius 2 is 1.63 bits per heavy atom. The lowest BCUT2D eigenvalue weighted by Crippen LogP contribution is -2.31. The number of carbonyl (C=O) groups is 4. The van der Waals surface area contributed by atoms with Gasteiger partial charge in [0.05, 0.1) is 31.3 Å². The van der Waals surface area contributed by atoms with Crippen LogP contribution in [-0.2, 0) is 28.8 Å². The molecule has 0 aromatic heterocycles. The second kappa shape index (κ2) is 26.2. The summed E-state index contributed by atoms with van der Waals surface area (Å²) in [4.78, 5) is 53.1. The number of hydrogen-bond acceptors (Lipinski definition) is 13. The number of nitrogens with zero attached hydrogens (tertiary/aromatic N) is 1. The van der Waals surface area contributed by atoms with Crippen LogP contribution in [0.5, 0.6) is 11.5 Å². The molecule has 1 saturated carbocycles. The van der Waals surface area contributed by atoms with Crippen molar-refractivity contribution in [2.24, 2.45) is 11.8 Å². The third kappa shape index (κ3) is 18.7. The third-order valence-electron chi connectivity index (χ3n) is 8.91. The molecule has 14 heteroatoms. The number of aliphatic hydroxyl groups excluding tert-OH is 2. The summed E-state index contributed by atoms with van der Waals surface area (Å²) in [6.07, 6.45) is 15.8. The molecule has 4 atom stereocenters. The van der Waals surface area contributed by atoms with Gasteiger partial charge in [0.1, 0.15) is 18.9 Å². The molecule has 292 valence electrons. The van der Waals surface area contributed by atoms with E-state index in [1.165, 1.54) is 20.0 Å². The number of methoxy groups -OCH3 is 1. The summed E-state index contributed by atoms with van der Waals surface area (Å²) >= 11 is 0. The van der Waals surface area contributed by atoms with Gasteiger partial charge < -0.3 is 29.7 Å². The number of benzene rings is 1. The van der Waals surface area contributed by atoms with Crippen molar-refractivity contribution in [3.63, 3.8) is 0 Å². The highest BCUT2D eigenvalue weighted by Crippen LogP contribution is 2.38. The van der Waals surface area contributed by atoms with Gasteiger partial charge in [-0.15, -0.1) is 0 Å². The highest BCUT2D eigenvalue weighted by Gasteiger charge is 2.40. The normalized spacial score (nSPS) is 18.7. The number of rotatable bonds is 27. The van der Waals surface area contributed by atoms with Gasteiger partial charge in [0.15, 0.2) is 11.5 Å². The van der Waals surface area contributed by atoms with Crippen LogP contribution >= 0.6 is 0 Å². The number of esters is 2. The van der Waals surface area contributed by atoms with Crippen LogP contribution in [0.4, 0.5) is 0 Å². The molecule has 0 radical (unpaired) electrons. The number of ketones is 1. The average molecular weight is 735 g/mol. The first-order chi connectivity index (χ1) is 25.0. The Hall–Kier alpha value is -3.66. The molecule has 52 heavy (non-hydrogen) atoms. The number of Topliss-reactive ketones (excluding diaryl/α,β-unsaturated/α-hetero) is 1. The molecule has 1 aromatic carbocycles. The van der Waals surface area contributed by atoms with E-state index in [0.717, 1.165) is 19.3 Å². The van der Waals surface area contributed by atoms with E-state index in [9.17, 15) is 29.4 Å². The molecule has 0 bridgehead atoms. The minimum Gasteiger partial charge on any atom is -0.493 e. The number of nitrogens with one attached hydrogen (secondary N) is 1. The van der Waals surface area contributed by atoms with Gasteiger partial charge in [0.25, 0.3) is 0 Å². The lowest BCUT2D eigenvalue weighted by Gasteiger charge is -2.22. The monoisotopic (exact) mass is 734 g/mol. The Kier molecular flexibility index (Phi) is 22.4. The Balaban J connectivity index is 1.65. The predicted molar refractivity (Wildman–Crippen MR) is 191 cm³/mol. The molecule has 1 aliphatic carbocycles. The van der Waals surface area contributed by atoms with Crippen molar-refractivity contribution in [3.05, 3.63) is 42.0 Å². The summed E-state index contributed by atoms with van der Waals surface area (Å²) in [5.74, 6) is -0.956. The summed E-state index contributed by atoms with van der Waals surface area (Å²) < 4.78 is 15.8. The molecule has 1 fully saturated rings. The van der Waals surface area contributed by atoms with Crippen molar-refractivity contribution in [2.75, 3.05) is 26.9 Å². The molecular weight excluding hydrogens is 676 g/mol. The van der Waals surface area contributed by atoms with Crippen molar-refractivity contribution in [2.45, 2.75) is 115 Å². The van der Waals surface area contributed by atoms with Crippen LogP contribution < -0.4 is 14.8 Å². The van der Waals surface area contributed by atoms with Gasteiger partial charge in [-0.2, -0.15) is 0 Å². The molecule has 14 nitrogen and oxygen atoms in total. The summed E-state index contributed by atoms with van der Waals surface area (Å²) in [5.41, 5.74) is 0.696. The number of ether oxygens (including phenoxy) is 3. The molecule has 0 spiro atoms. The zero-order valence-corrected chi connectivity index (χ0v) is 30.6. The summed E-state index contributed by atoms with van der Waals surface area (Å²) in [5, 5.41) is 40.0. The minimum absolute atomic E-state index is 0.0143.